The molecule has 0 fully saturated rings. The van der Waals surface area contributed by atoms with E-state index in [1.165, 1.54) is 0 Å². The Balaban J connectivity index is 1.97. The van der Waals surface area contributed by atoms with Crippen molar-refractivity contribution in [2.75, 3.05) is 0 Å². The van der Waals surface area contributed by atoms with Crippen molar-refractivity contribution < 1.29 is 9.59 Å². The number of halogens is 2. The molecule has 0 unspecified atom stereocenters. The summed E-state index contributed by atoms with van der Waals surface area (Å²) in [6, 6.07) is 23.9. The van der Waals surface area contributed by atoms with Gasteiger partial charge in [-0.3, -0.25) is 9.59 Å². The van der Waals surface area contributed by atoms with Crippen molar-refractivity contribution in [1.29, 1.82) is 0 Å². The number of hydrogen-bond acceptors (Lipinski definition) is 2. The van der Waals surface area contributed by atoms with Crippen molar-refractivity contribution >= 4 is 35.0 Å². The van der Waals surface area contributed by atoms with Gasteiger partial charge in [-0.05, 0) is 42.2 Å². The van der Waals surface area contributed by atoms with E-state index in [0.29, 0.717) is 28.6 Å². The molecule has 0 bridgehead atoms. The third-order valence-electron chi connectivity index (χ3n) is 5.82. The fourth-order valence-corrected chi connectivity index (χ4v) is 4.18. The second-order valence-electron chi connectivity index (χ2n) is 8.44. The van der Waals surface area contributed by atoms with E-state index < -0.39 is 6.04 Å². The summed E-state index contributed by atoms with van der Waals surface area (Å²) in [6.45, 7) is 4.30. The van der Waals surface area contributed by atoms with Gasteiger partial charge in [0, 0.05) is 29.1 Å². The number of nitrogens with zero attached hydrogens (tertiary/aromatic N) is 1. The van der Waals surface area contributed by atoms with Crippen molar-refractivity contribution in [2.24, 2.45) is 0 Å². The summed E-state index contributed by atoms with van der Waals surface area (Å²) >= 11 is 12.4. The van der Waals surface area contributed by atoms with Crippen LogP contribution in [0.4, 0.5) is 0 Å². The highest BCUT2D eigenvalue weighted by atomic mass is 35.5. The number of benzene rings is 3. The van der Waals surface area contributed by atoms with Crippen LogP contribution < -0.4 is 5.32 Å². The fraction of sp³-hybridized carbons (Fsp3) is 0.286. The maximum Gasteiger partial charge on any atom is 0.243 e. The Bertz CT molecular complexity index is 1090. The Labute approximate surface area is 211 Å². The topological polar surface area (TPSA) is 49.4 Å². The summed E-state index contributed by atoms with van der Waals surface area (Å²) in [5.41, 5.74) is 2.62. The van der Waals surface area contributed by atoms with Gasteiger partial charge in [0.05, 0.1) is 6.42 Å². The second-order valence-corrected chi connectivity index (χ2v) is 9.29. The van der Waals surface area contributed by atoms with Crippen molar-refractivity contribution in [3.05, 3.63) is 106 Å². The predicted octanol–water partition coefficient (Wildman–Crippen LogP) is 6.09. The van der Waals surface area contributed by atoms with E-state index in [4.69, 9.17) is 23.2 Å². The van der Waals surface area contributed by atoms with Crippen LogP contribution in [0.5, 0.6) is 0 Å². The van der Waals surface area contributed by atoms with Crippen LogP contribution in [-0.4, -0.2) is 28.8 Å². The van der Waals surface area contributed by atoms with E-state index in [1.807, 2.05) is 74.5 Å². The first-order valence-electron chi connectivity index (χ1n) is 11.5. The van der Waals surface area contributed by atoms with Crippen molar-refractivity contribution in [3.8, 4) is 0 Å². The Hall–Kier alpha value is -2.82. The van der Waals surface area contributed by atoms with Crippen LogP contribution in [0, 0.1) is 0 Å². The molecule has 3 aromatic rings. The smallest absolute Gasteiger partial charge is 0.243 e. The van der Waals surface area contributed by atoms with Crippen molar-refractivity contribution in [1.82, 2.24) is 10.2 Å². The highest BCUT2D eigenvalue weighted by Crippen LogP contribution is 2.23. The van der Waals surface area contributed by atoms with Gasteiger partial charge in [-0.15, -0.1) is 0 Å². The molecule has 0 heterocycles. The maximum absolute atomic E-state index is 13.7. The molecule has 2 amide bonds. The third kappa shape index (κ3) is 7.34. The Kier molecular flexibility index (Phi) is 9.55. The van der Waals surface area contributed by atoms with Crippen LogP contribution in [0.1, 0.15) is 37.0 Å². The Morgan fingerprint density at radius 1 is 0.912 bits per heavy atom. The van der Waals surface area contributed by atoms with Gasteiger partial charge >= 0.3 is 0 Å². The normalized spacial score (nSPS) is 12.6. The van der Waals surface area contributed by atoms with E-state index in [2.05, 4.69) is 5.32 Å². The summed E-state index contributed by atoms with van der Waals surface area (Å²) in [5, 5.41) is 4.02. The van der Waals surface area contributed by atoms with Gasteiger partial charge in [-0.2, -0.15) is 0 Å². The van der Waals surface area contributed by atoms with Crippen molar-refractivity contribution in [2.45, 2.75) is 51.7 Å². The standard InChI is InChI=1S/C28H30Cl2N2O2/c1-3-20(2)31-28(34)26(16-21-10-6-4-7-11-21)32(19-22-12-8-5-9-13-22)27(33)17-23-14-15-24(29)18-25(23)30/h4-15,18,20,26H,3,16-17,19H2,1-2H3,(H,31,34)/t20-,26-/m1/s1. The molecule has 0 aliphatic rings. The summed E-state index contributed by atoms with van der Waals surface area (Å²) in [6.07, 6.45) is 1.29. The molecule has 4 nitrogen and oxygen atoms in total. The van der Waals surface area contributed by atoms with Crippen LogP contribution in [0.2, 0.25) is 10.0 Å². The lowest BCUT2D eigenvalue weighted by atomic mass is 10.0. The number of amides is 2. The highest BCUT2D eigenvalue weighted by molar-refractivity contribution is 6.35. The zero-order valence-electron chi connectivity index (χ0n) is 19.5. The van der Waals surface area contributed by atoms with Crippen LogP contribution in [0.25, 0.3) is 0 Å². The minimum Gasteiger partial charge on any atom is -0.352 e. The average molecular weight is 497 g/mol. The maximum atomic E-state index is 13.7. The van der Waals surface area contributed by atoms with Gasteiger partial charge in [-0.25, -0.2) is 0 Å². The summed E-state index contributed by atoms with van der Waals surface area (Å²) in [7, 11) is 0. The molecule has 1 N–H and O–H groups in total. The van der Waals surface area contributed by atoms with E-state index in [1.54, 1.807) is 23.1 Å². The number of hydrogen-bond donors (Lipinski definition) is 1. The van der Waals surface area contributed by atoms with E-state index in [-0.39, 0.29) is 24.3 Å². The minimum absolute atomic E-state index is 0.00478. The molecule has 3 aromatic carbocycles. The molecule has 0 radical (unpaired) electrons. The third-order valence-corrected chi connectivity index (χ3v) is 6.41. The van der Waals surface area contributed by atoms with Crippen LogP contribution in [0.15, 0.2) is 78.9 Å². The van der Waals surface area contributed by atoms with Gasteiger partial charge in [0.2, 0.25) is 11.8 Å². The van der Waals surface area contributed by atoms with Crippen molar-refractivity contribution in [3.63, 3.8) is 0 Å². The van der Waals surface area contributed by atoms with Crippen LogP contribution >= 0.6 is 23.2 Å². The first-order chi connectivity index (χ1) is 16.4. The monoisotopic (exact) mass is 496 g/mol. The van der Waals surface area contributed by atoms with E-state index >= 15 is 0 Å². The summed E-state index contributed by atoms with van der Waals surface area (Å²) < 4.78 is 0. The molecule has 0 saturated heterocycles. The van der Waals surface area contributed by atoms with Gasteiger partial charge in [0.15, 0.2) is 0 Å². The molecule has 0 aliphatic heterocycles. The number of rotatable bonds is 10. The van der Waals surface area contributed by atoms with Gasteiger partial charge < -0.3 is 10.2 Å². The molecule has 178 valence electrons. The molecule has 6 heteroatoms. The SMILES string of the molecule is CC[C@@H](C)NC(=O)[C@@H](Cc1ccccc1)N(Cc1ccccc1)C(=O)Cc1ccc(Cl)cc1Cl. The largest absolute Gasteiger partial charge is 0.352 e. The quantitative estimate of drug-likeness (QED) is 0.369. The second kappa shape index (κ2) is 12.6. The van der Waals surface area contributed by atoms with Gasteiger partial charge in [0.25, 0.3) is 0 Å². The molecule has 34 heavy (non-hydrogen) atoms. The van der Waals surface area contributed by atoms with E-state index in [9.17, 15) is 9.59 Å². The zero-order chi connectivity index (χ0) is 24.5. The highest BCUT2D eigenvalue weighted by Gasteiger charge is 2.31. The summed E-state index contributed by atoms with van der Waals surface area (Å²) in [5.74, 6) is -0.335. The molecule has 0 saturated carbocycles. The van der Waals surface area contributed by atoms with Crippen LogP contribution in [-0.2, 0) is 29.0 Å². The number of carbonyl (C=O) groups is 2. The molecule has 0 spiro atoms. The molecule has 3 rings (SSSR count). The lowest BCUT2D eigenvalue weighted by Gasteiger charge is -2.32. The number of nitrogens with one attached hydrogen (secondary N) is 1. The lowest BCUT2D eigenvalue weighted by Crippen LogP contribution is -2.52. The van der Waals surface area contributed by atoms with Gasteiger partial charge in [-0.1, -0.05) is 96.9 Å². The molecule has 0 aromatic heterocycles. The van der Waals surface area contributed by atoms with E-state index in [0.717, 1.165) is 17.5 Å². The number of carbonyl (C=O) groups excluding carboxylic acids is 2. The zero-order valence-corrected chi connectivity index (χ0v) is 21.0. The summed E-state index contributed by atoms with van der Waals surface area (Å²) in [4.78, 5) is 28.8. The van der Waals surface area contributed by atoms with Gasteiger partial charge in [0.1, 0.15) is 6.04 Å². The molecule has 2 atom stereocenters. The minimum atomic E-state index is -0.671. The Morgan fingerprint density at radius 2 is 1.53 bits per heavy atom. The first-order valence-corrected chi connectivity index (χ1v) is 12.2. The predicted molar refractivity (Wildman–Crippen MR) is 139 cm³/mol. The Morgan fingerprint density at radius 3 is 2.12 bits per heavy atom. The fourth-order valence-electron chi connectivity index (χ4n) is 3.70. The average Bonchev–Trinajstić information content (AvgIpc) is 2.84. The lowest BCUT2D eigenvalue weighted by molar-refractivity contribution is -0.141. The first kappa shape index (κ1) is 25.8. The molecule has 0 aliphatic carbocycles. The molecular formula is C28H30Cl2N2O2. The van der Waals surface area contributed by atoms with Crippen LogP contribution in [0.3, 0.4) is 0 Å². The molecular weight excluding hydrogens is 467 g/mol.